The van der Waals surface area contributed by atoms with Crippen molar-refractivity contribution in [2.75, 3.05) is 21.1 Å². The number of hydrogen-bond donors (Lipinski definition) is 1. The predicted molar refractivity (Wildman–Crippen MR) is 104 cm³/mol. The smallest absolute Gasteiger partial charge is 0.112 e. The molecule has 0 aromatic heterocycles. The van der Waals surface area contributed by atoms with Crippen LogP contribution in [-0.2, 0) is 0 Å². The number of aliphatic hydroxyl groups excluding tert-OH is 1. The van der Waals surface area contributed by atoms with Crippen molar-refractivity contribution in [2.45, 2.75) is 116 Å². The van der Waals surface area contributed by atoms with Gasteiger partial charge in [-0.25, -0.2) is 0 Å². The van der Waals surface area contributed by atoms with E-state index in [0.29, 0.717) is 6.04 Å². The van der Waals surface area contributed by atoms with Gasteiger partial charge in [-0.1, -0.05) is 90.4 Å². The van der Waals surface area contributed by atoms with E-state index in [2.05, 4.69) is 35.0 Å². The van der Waals surface area contributed by atoms with Gasteiger partial charge >= 0.3 is 0 Å². The first-order chi connectivity index (χ1) is 10.9. The zero-order chi connectivity index (χ0) is 17.6. The minimum absolute atomic E-state index is 0.150. The van der Waals surface area contributed by atoms with Gasteiger partial charge in [-0.3, -0.25) is 0 Å². The molecule has 2 heteroatoms. The van der Waals surface area contributed by atoms with E-state index in [1.165, 1.54) is 83.5 Å². The van der Waals surface area contributed by atoms with Gasteiger partial charge in [-0.05, 0) is 13.3 Å². The molecule has 1 N–H and O–H groups in total. The highest BCUT2D eigenvalue weighted by Crippen LogP contribution is 2.16. The number of unbranched alkanes of at least 4 members (excludes halogenated alkanes) is 12. The van der Waals surface area contributed by atoms with Gasteiger partial charge in [0.05, 0.1) is 21.1 Å². The summed E-state index contributed by atoms with van der Waals surface area (Å²) in [5.41, 5.74) is 0. The predicted octanol–water partition coefficient (Wildman–Crippen LogP) is 5.92. The lowest BCUT2D eigenvalue weighted by molar-refractivity contribution is -0.897. The van der Waals surface area contributed by atoms with Gasteiger partial charge < -0.3 is 9.59 Å². The van der Waals surface area contributed by atoms with Gasteiger partial charge in [0.2, 0.25) is 0 Å². The Morgan fingerprint density at radius 1 is 0.652 bits per heavy atom. The lowest BCUT2D eigenvalue weighted by Crippen LogP contribution is -2.49. The van der Waals surface area contributed by atoms with Crippen molar-refractivity contribution in [2.24, 2.45) is 0 Å². The maximum Gasteiger partial charge on any atom is 0.112 e. The van der Waals surface area contributed by atoms with E-state index < -0.39 is 0 Å². The Morgan fingerprint density at radius 3 is 1.35 bits per heavy atom. The average molecular weight is 329 g/mol. The standard InChI is InChI=1S/C21H46NO/c1-6-7-8-9-10-11-12-13-14-15-16-17-18-19-21(23)20(2)22(3,4)5/h20-21,23H,6-19H2,1-5H3/q+1/t20?,21-/m1/s1. The van der Waals surface area contributed by atoms with Crippen LogP contribution in [0.25, 0.3) is 0 Å². The monoisotopic (exact) mass is 328 g/mol. The van der Waals surface area contributed by atoms with E-state index >= 15 is 0 Å². The van der Waals surface area contributed by atoms with Crippen LogP contribution in [0.3, 0.4) is 0 Å². The molecular formula is C21H46NO+. The molecule has 140 valence electrons. The van der Waals surface area contributed by atoms with E-state index in [9.17, 15) is 5.11 Å². The Kier molecular flexibility index (Phi) is 14.2. The minimum atomic E-state index is -0.150. The summed E-state index contributed by atoms with van der Waals surface area (Å²) in [6.07, 6.45) is 18.8. The molecule has 0 radical (unpaired) electrons. The van der Waals surface area contributed by atoms with Gasteiger partial charge in [-0.2, -0.15) is 0 Å². The molecule has 2 nitrogen and oxygen atoms in total. The molecule has 0 bridgehead atoms. The second-order valence-corrected chi connectivity index (χ2v) is 8.46. The van der Waals surface area contributed by atoms with E-state index in [1.54, 1.807) is 0 Å². The van der Waals surface area contributed by atoms with Crippen LogP contribution >= 0.6 is 0 Å². The highest BCUT2D eigenvalue weighted by molar-refractivity contribution is 4.64. The van der Waals surface area contributed by atoms with E-state index in [0.717, 1.165) is 10.9 Å². The third-order valence-corrected chi connectivity index (χ3v) is 5.38. The Labute approximate surface area is 147 Å². The van der Waals surface area contributed by atoms with E-state index in [4.69, 9.17) is 0 Å². The molecule has 0 aromatic carbocycles. The SMILES string of the molecule is CCCCCCCCCCCCCCC[C@@H](O)C(C)[N+](C)(C)C. The van der Waals surface area contributed by atoms with Crippen LogP contribution in [0.1, 0.15) is 104 Å². The fourth-order valence-corrected chi connectivity index (χ4v) is 3.13. The highest BCUT2D eigenvalue weighted by Gasteiger charge is 2.25. The van der Waals surface area contributed by atoms with Crippen molar-refractivity contribution in [3.8, 4) is 0 Å². The molecule has 0 saturated heterocycles. The molecule has 0 saturated carbocycles. The summed E-state index contributed by atoms with van der Waals surface area (Å²) in [6.45, 7) is 4.44. The zero-order valence-corrected chi connectivity index (χ0v) is 16.9. The van der Waals surface area contributed by atoms with Crippen molar-refractivity contribution in [3.05, 3.63) is 0 Å². The maximum atomic E-state index is 10.2. The molecule has 0 aromatic rings. The Hall–Kier alpha value is -0.0800. The molecule has 0 aliphatic rings. The fourth-order valence-electron chi connectivity index (χ4n) is 3.13. The first kappa shape index (κ1) is 22.9. The molecule has 0 aliphatic carbocycles. The zero-order valence-electron chi connectivity index (χ0n) is 16.9. The number of nitrogens with zero attached hydrogens (tertiary/aromatic N) is 1. The van der Waals surface area contributed by atoms with Crippen molar-refractivity contribution in [1.29, 1.82) is 0 Å². The molecule has 0 rings (SSSR count). The number of aliphatic hydroxyl groups is 1. The third-order valence-electron chi connectivity index (χ3n) is 5.38. The van der Waals surface area contributed by atoms with Crippen LogP contribution in [0.15, 0.2) is 0 Å². The summed E-state index contributed by atoms with van der Waals surface area (Å²) in [7, 11) is 6.49. The van der Waals surface area contributed by atoms with Gasteiger partial charge in [0.1, 0.15) is 12.1 Å². The minimum Gasteiger partial charge on any atom is -0.387 e. The van der Waals surface area contributed by atoms with Crippen LogP contribution in [-0.4, -0.2) is 42.9 Å². The molecule has 1 unspecified atom stereocenters. The van der Waals surface area contributed by atoms with Crippen LogP contribution in [0.5, 0.6) is 0 Å². The summed E-state index contributed by atoms with van der Waals surface area (Å²) in [6, 6.07) is 0.326. The first-order valence-corrected chi connectivity index (χ1v) is 10.4. The van der Waals surface area contributed by atoms with Crippen molar-refractivity contribution >= 4 is 0 Å². The van der Waals surface area contributed by atoms with Gasteiger partial charge in [0.25, 0.3) is 0 Å². The van der Waals surface area contributed by atoms with Crippen LogP contribution < -0.4 is 0 Å². The quantitative estimate of drug-likeness (QED) is 0.275. The highest BCUT2D eigenvalue weighted by atomic mass is 16.3. The number of likely N-dealkylation sites (N-methyl/N-ethyl adjacent to an activating group) is 1. The lowest BCUT2D eigenvalue weighted by Gasteiger charge is -2.34. The van der Waals surface area contributed by atoms with Crippen molar-refractivity contribution in [3.63, 3.8) is 0 Å². The summed E-state index contributed by atoms with van der Waals surface area (Å²) in [5, 5.41) is 10.2. The second-order valence-electron chi connectivity index (χ2n) is 8.46. The molecule has 0 amide bonds. The molecule has 0 spiro atoms. The Bertz CT molecular complexity index is 247. The molecule has 2 atom stereocenters. The van der Waals surface area contributed by atoms with Crippen LogP contribution in [0, 0.1) is 0 Å². The van der Waals surface area contributed by atoms with Gasteiger partial charge in [-0.15, -0.1) is 0 Å². The lowest BCUT2D eigenvalue weighted by atomic mass is 10.0. The second kappa shape index (κ2) is 14.3. The number of hydrogen-bond acceptors (Lipinski definition) is 1. The summed E-state index contributed by atoms with van der Waals surface area (Å²) in [4.78, 5) is 0. The Balaban J connectivity index is 3.28. The normalized spacial score (nSPS) is 14.9. The van der Waals surface area contributed by atoms with E-state index in [1.807, 2.05) is 0 Å². The number of rotatable bonds is 16. The maximum absolute atomic E-state index is 10.2. The Morgan fingerprint density at radius 2 is 1.00 bits per heavy atom. The van der Waals surface area contributed by atoms with E-state index in [-0.39, 0.29) is 6.10 Å². The molecule has 0 heterocycles. The third kappa shape index (κ3) is 14.0. The topological polar surface area (TPSA) is 20.2 Å². The summed E-state index contributed by atoms with van der Waals surface area (Å²) >= 11 is 0. The average Bonchev–Trinajstić information content (AvgIpc) is 2.50. The van der Waals surface area contributed by atoms with Crippen molar-refractivity contribution in [1.82, 2.24) is 0 Å². The first-order valence-electron chi connectivity index (χ1n) is 10.4. The van der Waals surface area contributed by atoms with Crippen molar-refractivity contribution < 1.29 is 9.59 Å². The molecule has 0 fully saturated rings. The van der Waals surface area contributed by atoms with Gasteiger partial charge in [0, 0.05) is 0 Å². The molecular weight excluding hydrogens is 282 g/mol. The molecule has 0 aliphatic heterocycles. The number of quaternary nitrogens is 1. The largest absolute Gasteiger partial charge is 0.387 e. The van der Waals surface area contributed by atoms with Gasteiger partial charge in [0.15, 0.2) is 0 Å². The summed E-state index contributed by atoms with van der Waals surface area (Å²) in [5.74, 6) is 0. The van der Waals surface area contributed by atoms with Crippen LogP contribution in [0.4, 0.5) is 0 Å². The fraction of sp³-hybridized carbons (Fsp3) is 1.00. The summed E-state index contributed by atoms with van der Waals surface area (Å²) < 4.78 is 0.847. The van der Waals surface area contributed by atoms with Crippen LogP contribution in [0.2, 0.25) is 0 Å². The molecule has 23 heavy (non-hydrogen) atoms.